The Balaban J connectivity index is 1.48. The zero-order valence-corrected chi connectivity index (χ0v) is 18.2. The summed E-state index contributed by atoms with van der Waals surface area (Å²) < 4.78 is 6.37. The number of ether oxygens (including phenoxy) is 1. The van der Waals surface area contributed by atoms with Gasteiger partial charge in [-0.2, -0.15) is 5.10 Å². The van der Waals surface area contributed by atoms with Crippen LogP contribution < -0.4 is 15.8 Å². The van der Waals surface area contributed by atoms with Crippen LogP contribution in [0.2, 0.25) is 0 Å². The average Bonchev–Trinajstić information content (AvgIpc) is 3.27. The lowest BCUT2D eigenvalue weighted by Crippen LogP contribution is -2.52. The molecule has 0 saturated carbocycles. The van der Waals surface area contributed by atoms with E-state index in [1.54, 1.807) is 25.4 Å². The molecule has 0 aliphatic carbocycles. The Hall–Kier alpha value is -2.72. The van der Waals surface area contributed by atoms with E-state index in [4.69, 9.17) is 4.74 Å². The van der Waals surface area contributed by atoms with Gasteiger partial charge in [0.25, 0.3) is 5.56 Å². The molecule has 2 saturated heterocycles. The summed E-state index contributed by atoms with van der Waals surface area (Å²) in [6, 6.07) is 1.58. The highest BCUT2D eigenvalue weighted by Crippen LogP contribution is 2.24. The summed E-state index contributed by atoms with van der Waals surface area (Å²) in [6.07, 6.45) is 4.10. The van der Waals surface area contributed by atoms with Gasteiger partial charge in [-0.1, -0.05) is 6.08 Å². The number of methoxy groups -OCH3 is 1. The molecule has 1 atom stereocenters. The first-order valence-electron chi connectivity index (χ1n) is 10.7. The van der Waals surface area contributed by atoms with E-state index in [9.17, 15) is 14.4 Å². The largest absolute Gasteiger partial charge is 0.383 e. The van der Waals surface area contributed by atoms with E-state index in [1.165, 1.54) is 4.68 Å². The molecule has 1 N–H and O–H groups in total. The molecule has 0 radical (unpaired) electrons. The van der Waals surface area contributed by atoms with Gasteiger partial charge in [-0.15, -0.1) is 6.58 Å². The summed E-state index contributed by atoms with van der Waals surface area (Å²) in [7, 11) is 1.59. The van der Waals surface area contributed by atoms with E-state index in [0.29, 0.717) is 59.0 Å². The number of aromatic nitrogens is 2. The van der Waals surface area contributed by atoms with Crippen LogP contribution in [0, 0.1) is 5.92 Å². The van der Waals surface area contributed by atoms with Crippen LogP contribution in [0.5, 0.6) is 0 Å². The Bertz CT molecular complexity index is 833. The van der Waals surface area contributed by atoms with Crippen molar-refractivity contribution < 1.29 is 14.3 Å². The summed E-state index contributed by atoms with van der Waals surface area (Å²) in [5.74, 6) is 0.0434. The Morgan fingerprint density at radius 3 is 2.74 bits per heavy atom. The van der Waals surface area contributed by atoms with Gasteiger partial charge < -0.3 is 19.9 Å². The van der Waals surface area contributed by atoms with Gasteiger partial charge in [0.1, 0.15) is 0 Å². The number of piperazine rings is 1. The van der Waals surface area contributed by atoms with Crippen LogP contribution in [-0.4, -0.2) is 97.5 Å². The van der Waals surface area contributed by atoms with Gasteiger partial charge in [-0.25, -0.2) is 4.68 Å². The van der Waals surface area contributed by atoms with Crippen molar-refractivity contribution in [2.24, 2.45) is 5.92 Å². The molecule has 1 unspecified atom stereocenters. The lowest BCUT2D eigenvalue weighted by Gasteiger charge is -2.35. The first-order valence-corrected chi connectivity index (χ1v) is 10.7. The summed E-state index contributed by atoms with van der Waals surface area (Å²) in [4.78, 5) is 43.1. The van der Waals surface area contributed by atoms with E-state index in [1.807, 2.05) is 4.90 Å². The first-order chi connectivity index (χ1) is 15.0. The second kappa shape index (κ2) is 11.1. The van der Waals surface area contributed by atoms with Crippen LogP contribution in [0.3, 0.4) is 0 Å². The lowest BCUT2D eigenvalue weighted by atomic mass is 10.1. The Morgan fingerprint density at radius 2 is 2.06 bits per heavy atom. The predicted molar refractivity (Wildman–Crippen MR) is 117 cm³/mol. The second-order valence-corrected chi connectivity index (χ2v) is 7.89. The molecule has 2 aliphatic heterocycles. The van der Waals surface area contributed by atoms with Gasteiger partial charge in [0.2, 0.25) is 11.8 Å². The maximum Gasteiger partial charge on any atom is 0.268 e. The number of carbonyl (C=O) groups excluding carboxylic acids is 2. The summed E-state index contributed by atoms with van der Waals surface area (Å²) >= 11 is 0. The third-order valence-corrected chi connectivity index (χ3v) is 5.76. The zero-order valence-electron chi connectivity index (χ0n) is 18.2. The Morgan fingerprint density at radius 1 is 1.29 bits per heavy atom. The van der Waals surface area contributed by atoms with Crippen molar-refractivity contribution in [3.8, 4) is 0 Å². The Labute approximate surface area is 182 Å². The van der Waals surface area contributed by atoms with Crippen LogP contribution in [0.1, 0.15) is 6.42 Å². The predicted octanol–water partition coefficient (Wildman–Crippen LogP) is -0.838. The minimum Gasteiger partial charge on any atom is -0.383 e. The van der Waals surface area contributed by atoms with E-state index in [-0.39, 0.29) is 23.3 Å². The van der Waals surface area contributed by atoms with E-state index >= 15 is 0 Å². The lowest BCUT2D eigenvalue weighted by molar-refractivity contribution is -0.136. The minimum absolute atomic E-state index is 0.0242. The minimum atomic E-state index is -0.169. The van der Waals surface area contributed by atoms with Crippen molar-refractivity contribution in [3.63, 3.8) is 0 Å². The third-order valence-electron chi connectivity index (χ3n) is 5.76. The highest BCUT2D eigenvalue weighted by Gasteiger charge is 2.33. The summed E-state index contributed by atoms with van der Waals surface area (Å²) in [6.45, 7) is 9.19. The SMILES string of the molecule is C=CCNC(=O)CN1CCN(C(=O)C2CCN(c3cnn(CCOC)c(=O)c3)C2)CC1. The molecule has 170 valence electrons. The topological polar surface area (TPSA) is 100 Å². The number of nitrogens with zero attached hydrogens (tertiary/aromatic N) is 5. The fourth-order valence-electron chi connectivity index (χ4n) is 3.97. The first kappa shape index (κ1) is 23.0. The maximum atomic E-state index is 13.0. The number of carbonyl (C=O) groups is 2. The average molecular weight is 433 g/mol. The van der Waals surface area contributed by atoms with E-state index in [0.717, 1.165) is 18.7 Å². The van der Waals surface area contributed by atoms with Gasteiger partial charge >= 0.3 is 0 Å². The van der Waals surface area contributed by atoms with E-state index < -0.39 is 0 Å². The number of rotatable bonds is 9. The van der Waals surface area contributed by atoms with Gasteiger partial charge in [0, 0.05) is 59.0 Å². The molecule has 10 heteroatoms. The maximum absolute atomic E-state index is 13.0. The molecule has 3 heterocycles. The van der Waals surface area contributed by atoms with Crippen molar-refractivity contribution in [3.05, 3.63) is 35.3 Å². The fourth-order valence-corrected chi connectivity index (χ4v) is 3.97. The smallest absolute Gasteiger partial charge is 0.268 e. The molecule has 2 aliphatic rings. The molecule has 3 rings (SSSR count). The quantitative estimate of drug-likeness (QED) is 0.508. The van der Waals surface area contributed by atoms with E-state index in [2.05, 4.69) is 26.8 Å². The van der Waals surface area contributed by atoms with Crippen molar-refractivity contribution in [2.75, 3.05) is 71.0 Å². The summed E-state index contributed by atoms with van der Waals surface area (Å²) in [5.41, 5.74) is 0.585. The molecule has 10 nitrogen and oxygen atoms in total. The third kappa shape index (κ3) is 6.14. The summed E-state index contributed by atoms with van der Waals surface area (Å²) in [5, 5.41) is 6.99. The number of hydrogen-bond donors (Lipinski definition) is 1. The molecule has 1 aromatic heterocycles. The van der Waals surface area contributed by atoms with Gasteiger partial charge in [0.05, 0.1) is 37.5 Å². The van der Waals surface area contributed by atoms with Gasteiger partial charge in [0.15, 0.2) is 0 Å². The second-order valence-electron chi connectivity index (χ2n) is 7.89. The van der Waals surface area contributed by atoms with Gasteiger partial charge in [-0.05, 0) is 6.42 Å². The van der Waals surface area contributed by atoms with Crippen LogP contribution in [0.4, 0.5) is 5.69 Å². The fraction of sp³-hybridized carbons (Fsp3) is 0.619. The molecule has 0 aromatic carbocycles. The van der Waals surface area contributed by atoms with Crippen molar-refractivity contribution >= 4 is 17.5 Å². The van der Waals surface area contributed by atoms with Crippen LogP contribution in [0.25, 0.3) is 0 Å². The highest BCUT2D eigenvalue weighted by atomic mass is 16.5. The molecule has 2 amide bonds. The Kier molecular flexibility index (Phi) is 8.19. The standard InChI is InChI=1S/C21H32N6O4/c1-3-5-22-19(28)16-24-7-9-25(10-8-24)21(30)17-4-6-26(15-17)18-13-20(29)27(23-14-18)11-12-31-2/h3,13-14,17H,1,4-12,15-16H2,2H3,(H,22,28). The molecule has 0 bridgehead atoms. The number of nitrogens with one attached hydrogen (secondary N) is 1. The zero-order chi connectivity index (χ0) is 22.2. The molecule has 31 heavy (non-hydrogen) atoms. The molecule has 1 aromatic rings. The monoisotopic (exact) mass is 432 g/mol. The van der Waals surface area contributed by atoms with Crippen LogP contribution >= 0.6 is 0 Å². The highest BCUT2D eigenvalue weighted by molar-refractivity contribution is 5.80. The number of hydrogen-bond acceptors (Lipinski definition) is 7. The number of anilines is 1. The van der Waals surface area contributed by atoms with Crippen LogP contribution in [0.15, 0.2) is 29.7 Å². The molecular formula is C21H32N6O4. The molecular weight excluding hydrogens is 400 g/mol. The molecule has 2 fully saturated rings. The van der Waals surface area contributed by atoms with Gasteiger partial charge in [-0.3, -0.25) is 19.3 Å². The van der Waals surface area contributed by atoms with Crippen molar-refractivity contribution in [1.29, 1.82) is 0 Å². The number of amides is 2. The van der Waals surface area contributed by atoms with Crippen LogP contribution in [-0.2, 0) is 20.9 Å². The molecule has 0 spiro atoms. The van der Waals surface area contributed by atoms with Crippen molar-refractivity contribution in [1.82, 2.24) is 24.9 Å². The van der Waals surface area contributed by atoms with Crippen molar-refractivity contribution in [2.45, 2.75) is 13.0 Å². The normalized spacial score (nSPS) is 19.5.